The molecule has 3 atom stereocenters. The molecule has 11 heavy (non-hydrogen) atoms. The number of aldehydes is 1. The molecule has 0 fully saturated rings. The second kappa shape index (κ2) is 5.01. The second-order valence-electron chi connectivity index (χ2n) is 2.33. The van der Waals surface area contributed by atoms with Gasteiger partial charge in [-0.25, -0.2) is 0 Å². The molecule has 4 N–H and O–H groups in total. The Labute approximate surface area is 65.3 Å². The van der Waals surface area contributed by atoms with Gasteiger partial charge >= 0.3 is 0 Å². The number of rotatable bonds is 5. The van der Waals surface area contributed by atoms with Gasteiger partial charge in [0.2, 0.25) is 0 Å². The van der Waals surface area contributed by atoms with E-state index in [9.17, 15) is 4.79 Å². The smallest absolute Gasteiger partial charge is 0.136 e. The number of hydrogen-bond acceptors (Lipinski definition) is 4. The lowest BCUT2D eigenvalue weighted by Gasteiger charge is -2.14. The van der Waals surface area contributed by atoms with Crippen LogP contribution in [0.15, 0.2) is 12.7 Å². The largest absolute Gasteiger partial charge is 0.390 e. The minimum absolute atomic E-state index is 0.0523. The Morgan fingerprint density at radius 1 is 1.55 bits per heavy atom. The zero-order chi connectivity index (χ0) is 8.85. The van der Waals surface area contributed by atoms with E-state index < -0.39 is 18.2 Å². The molecule has 0 amide bonds. The summed E-state index contributed by atoms with van der Waals surface area (Å²) in [6.07, 6.45) is -0.244. The zero-order valence-corrected chi connectivity index (χ0v) is 6.18. The van der Waals surface area contributed by atoms with Crippen molar-refractivity contribution < 1.29 is 15.0 Å². The molecule has 0 bridgehead atoms. The monoisotopic (exact) mass is 159 g/mol. The quantitative estimate of drug-likeness (QED) is 0.348. The highest BCUT2D eigenvalue weighted by atomic mass is 16.3. The lowest BCUT2D eigenvalue weighted by molar-refractivity contribution is -0.109. The summed E-state index contributed by atoms with van der Waals surface area (Å²) in [5, 5.41) is 18.0. The van der Waals surface area contributed by atoms with E-state index in [0.29, 0.717) is 6.29 Å². The predicted octanol–water partition coefficient (Wildman–Crippen LogP) is -1.19. The van der Waals surface area contributed by atoms with Gasteiger partial charge in [-0.15, -0.1) is 6.58 Å². The Kier molecular flexibility index (Phi) is 4.69. The van der Waals surface area contributed by atoms with Crippen LogP contribution in [0.2, 0.25) is 0 Å². The lowest BCUT2D eigenvalue weighted by atomic mass is 10.1. The number of carbonyl (C=O) groups excluding carboxylic acids is 1. The molecule has 0 aromatic heterocycles. The summed E-state index contributed by atoms with van der Waals surface area (Å²) in [4.78, 5) is 10.0. The van der Waals surface area contributed by atoms with E-state index in [1.165, 1.54) is 6.08 Å². The minimum Gasteiger partial charge on any atom is -0.390 e. The Balaban J connectivity index is 3.75. The predicted molar refractivity (Wildman–Crippen MR) is 40.9 cm³/mol. The molecule has 0 spiro atoms. The van der Waals surface area contributed by atoms with Crippen LogP contribution in [0.25, 0.3) is 0 Å². The molecule has 0 aromatic carbocycles. The summed E-state index contributed by atoms with van der Waals surface area (Å²) >= 11 is 0. The fourth-order valence-corrected chi connectivity index (χ4v) is 0.631. The fourth-order valence-electron chi connectivity index (χ4n) is 0.631. The zero-order valence-electron chi connectivity index (χ0n) is 6.18. The van der Waals surface area contributed by atoms with Gasteiger partial charge in [-0.1, -0.05) is 6.08 Å². The summed E-state index contributed by atoms with van der Waals surface area (Å²) in [6.45, 7) is 3.28. The Morgan fingerprint density at radius 2 is 2.09 bits per heavy atom. The first-order chi connectivity index (χ1) is 5.11. The molecule has 0 rings (SSSR count). The number of nitrogens with two attached hydrogens (primary N) is 1. The van der Waals surface area contributed by atoms with Gasteiger partial charge in [0.1, 0.15) is 6.29 Å². The summed E-state index contributed by atoms with van der Waals surface area (Å²) in [5.74, 6) is 0. The van der Waals surface area contributed by atoms with E-state index in [1.54, 1.807) is 0 Å². The first-order valence-electron chi connectivity index (χ1n) is 3.31. The van der Waals surface area contributed by atoms with E-state index in [-0.39, 0.29) is 6.42 Å². The number of aliphatic hydroxyl groups excluding tert-OH is 2. The van der Waals surface area contributed by atoms with Crippen LogP contribution in [0, 0.1) is 0 Å². The third kappa shape index (κ3) is 3.87. The van der Waals surface area contributed by atoms with E-state index in [0.717, 1.165) is 0 Å². The van der Waals surface area contributed by atoms with Gasteiger partial charge in [-0.05, 0) is 6.42 Å². The maximum atomic E-state index is 10.0. The second-order valence-corrected chi connectivity index (χ2v) is 2.33. The molecule has 0 aliphatic rings. The van der Waals surface area contributed by atoms with Crippen LogP contribution >= 0.6 is 0 Å². The topological polar surface area (TPSA) is 83.6 Å². The number of carbonyl (C=O) groups is 1. The maximum absolute atomic E-state index is 10.0. The minimum atomic E-state index is -1.01. The standard InChI is InChI=1S/C7H13NO3/c1-2-6(10)7(11)3-5(8)4-9/h2,4-7,10-11H,1,3,8H2/t5?,6-,7?/m0/s1. The molecular formula is C7H13NO3. The Morgan fingerprint density at radius 3 is 2.45 bits per heavy atom. The van der Waals surface area contributed by atoms with E-state index in [2.05, 4.69) is 6.58 Å². The first kappa shape index (κ1) is 10.3. The third-order valence-electron chi connectivity index (χ3n) is 1.32. The van der Waals surface area contributed by atoms with E-state index in [4.69, 9.17) is 15.9 Å². The van der Waals surface area contributed by atoms with Gasteiger partial charge in [-0.3, -0.25) is 0 Å². The molecule has 0 saturated heterocycles. The van der Waals surface area contributed by atoms with Crippen molar-refractivity contribution in [3.05, 3.63) is 12.7 Å². The lowest BCUT2D eigenvalue weighted by Crippen LogP contribution is -2.33. The van der Waals surface area contributed by atoms with Crippen LogP contribution in [0.4, 0.5) is 0 Å². The molecular weight excluding hydrogens is 146 g/mol. The number of aliphatic hydroxyl groups is 2. The summed E-state index contributed by atoms with van der Waals surface area (Å²) in [5.41, 5.74) is 5.19. The maximum Gasteiger partial charge on any atom is 0.136 e. The molecule has 0 radical (unpaired) electrons. The average molecular weight is 159 g/mol. The molecule has 0 saturated carbocycles. The number of hydrogen-bond donors (Lipinski definition) is 3. The van der Waals surface area contributed by atoms with Crippen molar-refractivity contribution in [1.82, 2.24) is 0 Å². The third-order valence-corrected chi connectivity index (χ3v) is 1.32. The molecule has 0 aromatic rings. The SMILES string of the molecule is C=C[C@H](O)C(O)CC(N)C=O. The first-order valence-corrected chi connectivity index (χ1v) is 3.31. The highest BCUT2D eigenvalue weighted by Gasteiger charge is 2.15. The molecule has 0 heterocycles. The van der Waals surface area contributed by atoms with Crippen molar-refractivity contribution in [2.24, 2.45) is 5.73 Å². The van der Waals surface area contributed by atoms with Crippen molar-refractivity contribution in [2.45, 2.75) is 24.7 Å². The van der Waals surface area contributed by atoms with Gasteiger partial charge in [0.05, 0.1) is 18.2 Å². The molecule has 4 nitrogen and oxygen atoms in total. The highest BCUT2D eigenvalue weighted by Crippen LogP contribution is 2.00. The van der Waals surface area contributed by atoms with Gasteiger partial charge in [0, 0.05) is 0 Å². The van der Waals surface area contributed by atoms with E-state index >= 15 is 0 Å². The van der Waals surface area contributed by atoms with Crippen LogP contribution in [0.3, 0.4) is 0 Å². The molecule has 4 heteroatoms. The van der Waals surface area contributed by atoms with E-state index in [1.807, 2.05) is 0 Å². The molecule has 2 unspecified atom stereocenters. The normalized spacial score (nSPS) is 18.5. The summed E-state index contributed by atoms with van der Waals surface area (Å²) < 4.78 is 0. The van der Waals surface area contributed by atoms with Crippen LogP contribution in [-0.2, 0) is 4.79 Å². The van der Waals surface area contributed by atoms with Gasteiger partial charge in [0.25, 0.3) is 0 Å². The van der Waals surface area contributed by atoms with Crippen molar-refractivity contribution in [3.63, 3.8) is 0 Å². The van der Waals surface area contributed by atoms with Crippen LogP contribution in [-0.4, -0.2) is 34.7 Å². The Bertz CT molecular complexity index is 138. The summed E-state index contributed by atoms with van der Waals surface area (Å²) in [7, 11) is 0. The van der Waals surface area contributed by atoms with Crippen molar-refractivity contribution >= 4 is 6.29 Å². The van der Waals surface area contributed by atoms with Crippen molar-refractivity contribution in [3.8, 4) is 0 Å². The average Bonchev–Trinajstić information content (AvgIpc) is 2.02. The van der Waals surface area contributed by atoms with Crippen LogP contribution < -0.4 is 5.73 Å². The van der Waals surface area contributed by atoms with Gasteiger partial charge in [0.15, 0.2) is 0 Å². The highest BCUT2D eigenvalue weighted by molar-refractivity contribution is 5.56. The Hall–Kier alpha value is -0.710. The fraction of sp³-hybridized carbons (Fsp3) is 0.571. The van der Waals surface area contributed by atoms with Gasteiger partial charge < -0.3 is 20.7 Å². The molecule has 64 valence electrons. The van der Waals surface area contributed by atoms with Crippen LogP contribution in [0.1, 0.15) is 6.42 Å². The molecule has 0 aliphatic carbocycles. The van der Waals surface area contributed by atoms with Crippen LogP contribution in [0.5, 0.6) is 0 Å². The van der Waals surface area contributed by atoms with Crippen molar-refractivity contribution in [1.29, 1.82) is 0 Å². The van der Waals surface area contributed by atoms with Crippen molar-refractivity contribution in [2.75, 3.05) is 0 Å². The van der Waals surface area contributed by atoms with Gasteiger partial charge in [-0.2, -0.15) is 0 Å². The molecule has 0 aliphatic heterocycles. The summed E-state index contributed by atoms with van der Waals surface area (Å²) in [6, 6.07) is -0.723.